The summed E-state index contributed by atoms with van der Waals surface area (Å²) in [5.74, 6) is 2.27. The van der Waals surface area contributed by atoms with Crippen molar-refractivity contribution in [3.63, 3.8) is 0 Å². The van der Waals surface area contributed by atoms with Crippen LogP contribution in [0.3, 0.4) is 0 Å². The maximum atomic E-state index is 12.4. The molecule has 8 heteroatoms. The monoisotopic (exact) mass is 357 g/mol. The summed E-state index contributed by atoms with van der Waals surface area (Å²) in [4.78, 5) is 23.1. The Labute approximate surface area is 152 Å². The largest absolute Gasteiger partial charge is 0.486 e. The summed E-state index contributed by atoms with van der Waals surface area (Å²) in [6.45, 7) is 3.79. The zero-order chi connectivity index (χ0) is 18.5. The van der Waals surface area contributed by atoms with Crippen LogP contribution in [-0.2, 0) is 0 Å². The standard InChI is InChI=1S/C18H23N5O3/c1-12-11-15(23(2)3)22-18(21-12)20-8-7-19-17(24)13-5-4-6-14-16(13)26-10-9-25-14/h4-6,11H,7-10H2,1-3H3,(H,19,24)(H,20,21,22). The molecule has 138 valence electrons. The van der Waals surface area contributed by atoms with Gasteiger partial charge < -0.3 is 25.0 Å². The first kappa shape index (κ1) is 17.8. The number of hydrogen-bond acceptors (Lipinski definition) is 7. The summed E-state index contributed by atoms with van der Waals surface area (Å²) >= 11 is 0. The number of nitrogens with one attached hydrogen (secondary N) is 2. The maximum Gasteiger partial charge on any atom is 0.255 e. The number of benzene rings is 1. The van der Waals surface area contributed by atoms with Crippen LogP contribution in [0.5, 0.6) is 11.5 Å². The summed E-state index contributed by atoms with van der Waals surface area (Å²) in [6.07, 6.45) is 0. The van der Waals surface area contributed by atoms with Gasteiger partial charge in [-0.3, -0.25) is 4.79 Å². The van der Waals surface area contributed by atoms with Crippen molar-refractivity contribution in [2.75, 3.05) is 50.6 Å². The second kappa shape index (κ2) is 7.90. The van der Waals surface area contributed by atoms with Gasteiger partial charge in [-0.25, -0.2) is 4.98 Å². The second-order valence-corrected chi connectivity index (χ2v) is 6.10. The molecule has 0 spiro atoms. The molecule has 2 heterocycles. The highest BCUT2D eigenvalue weighted by Gasteiger charge is 2.19. The number of aryl methyl sites for hydroxylation is 1. The number of aromatic nitrogens is 2. The average molecular weight is 357 g/mol. The normalized spacial score (nSPS) is 12.4. The van der Waals surface area contributed by atoms with Gasteiger partial charge in [0.05, 0.1) is 5.56 Å². The van der Waals surface area contributed by atoms with E-state index < -0.39 is 0 Å². The molecule has 26 heavy (non-hydrogen) atoms. The van der Waals surface area contributed by atoms with Crippen LogP contribution in [0.15, 0.2) is 24.3 Å². The van der Waals surface area contributed by atoms with Crippen LogP contribution in [0.1, 0.15) is 16.1 Å². The van der Waals surface area contributed by atoms with Crippen molar-refractivity contribution < 1.29 is 14.3 Å². The lowest BCUT2D eigenvalue weighted by Gasteiger charge is -2.20. The summed E-state index contributed by atoms with van der Waals surface area (Å²) < 4.78 is 11.1. The van der Waals surface area contributed by atoms with Gasteiger partial charge in [-0.2, -0.15) is 4.98 Å². The van der Waals surface area contributed by atoms with E-state index in [9.17, 15) is 4.79 Å². The quantitative estimate of drug-likeness (QED) is 0.757. The molecule has 1 amide bonds. The van der Waals surface area contributed by atoms with E-state index in [0.29, 0.717) is 49.3 Å². The van der Waals surface area contributed by atoms with Crippen molar-refractivity contribution in [1.82, 2.24) is 15.3 Å². The highest BCUT2D eigenvalue weighted by Crippen LogP contribution is 2.33. The minimum absolute atomic E-state index is 0.201. The fourth-order valence-electron chi connectivity index (χ4n) is 2.56. The van der Waals surface area contributed by atoms with Gasteiger partial charge in [-0.05, 0) is 19.1 Å². The molecule has 0 atom stereocenters. The Kier molecular flexibility index (Phi) is 5.40. The minimum atomic E-state index is -0.201. The zero-order valence-electron chi connectivity index (χ0n) is 15.2. The van der Waals surface area contributed by atoms with E-state index in [-0.39, 0.29) is 5.91 Å². The Morgan fingerprint density at radius 1 is 1.19 bits per heavy atom. The van der Waals surface area contributed by atoms with E-state index in [2.05, 4.69) is 20.6 Å². The van der Waals surface area contributed by atoms with Gasteiger partial charge >= 0.3 is 0 Å². The number of amides is 1. The molecule has 2 N–H and O–H groups in total. The minimum Gasteiger partial charge on any atom is -0.486 e. The predicted molar refractivity (Wildman–Crippen MR) is 99.4 cm³/mol. The number of rotatable bonds is 6. The Morgan fingerprint density at radius 2 is 2.00 bits per heavy atom. The predicted octanol–water partition coefficient (Wildman–Crippen LogP) is 1.46. The molecule has 1 aromatic heterocycles. The molecule has 1 aliphatic rings. The van der Waals surface area contributed by atoms with Gasteiger partial charge in [-0.15, -0.1) is 0 Å². The number of anilines is 2. The Balaban J connectivity index is 1.55. The molecule has 3 rings (SSSR count). The first-order chi connectivity index (χ1) is 12.5. The van der Waals surface area contributed by atoms with Crippen molar-refractivity contribution in [1.29, 1.82) is 0 Å². The molecule has 0 saturated heterocycles. The highest BCUT2D eigenvalue weighted by molar-refractivity contribution is 5.97. The second-order valence-electron chi connectivity index (χ2n) is 6.10. The van der Waals surface area contributed by atoms with Crippen LogP contribution >= 0.6 is 0 Å². The third-order valence-corrected chi connectivity index (χ3v) is 3.80. The topological polar surface area (TPSA) is 88.6 Å². The summed E-state index contributed by atoms with van der Waals surface area (Å²) in [5, 5.41) is 6.00. The molecule has 0 radical (unpaired) electrons. The molecule has 0 unspecified atom stereocenters. The first-order valence-electron chi connectivity index (χ1n) is 8.48. The van der Waals surface area contributed by atoms with Crippen molar-refractivity contribution >= 4 is 17.7 Å². The third kappa shape index (κ3) is 4.14. The van der Waals surface area contributed by atoms with Gasteiger partial charge in [0, 0.05) is 38.9 Å². The van der Waals surface area contributed by atoms with E-state index in [1.54, 1.807) is 18.2 Å². The lowest BCUT2D eigenvalue weighted by molar-refractivity contribution is 0.0944. The fraction of sp³-hybridized carbons (Fsp3) is 0.389. The van der Waals surface area contributed by atoms with E-state index in [0.717, 1.165) is 11.5 Å². The lowest BCUT2D eigenvalue weighted by Crippen LogP contribution is -2.30. The van der Waals surface area contributed by atoms with Gasteiger partial charge in [0.25, 0.3) is 5.91 Å². The number of carbonyl (C=O) groups is 1. The number of nitrogens with zero attached hydrogens (tertiary/aromatic N) is 3. The summed E-state index contributed by atoms with van der Waals surface area (Å²) in [7, 11) is 3.86. The lowest BCUT2D eigenvalue weighted by atomic mass is 10.1. The van der Waals surface area contributed by atoms with E-state index in [1.807, 2.05) is 32.0 Å². The third-order valence-electron chi connectivity index (χ3n) is 3.80. The molecule has 8 nitrogen and oxygen atoms in total. The number of ether oxygens (including phenoxy) is 2. The smallest absolute Gasteiger partial charge is 0.255 e. The van der Waals surface area contributed by atoms with E-state index in [4.69, 9.17) is 9.47 Å². The molecule has 0 aliphatic carbocycles. The van der Waals surface area contributed by atoms with Gasteiger partial charge in [0.1, 0.15) is 19.0 Å². The molecule has 0 bridgehead atoms. The van der Waals surface area contributed by atoms with Crippen LogP contribution < -0.4 is 25.0 Å². The van der Waals surface area contributed by atoms with Crippen LogP contribution in [0.4, 0.5) is 11.8 Å². The van der Waals surface area contributed by atoms with Crippen molar-refractivity contribution in [2.24, 2.45) is 0 Å². The fourth-order valence-corrected chi connectivity index (χ4v) is 2.56. The average Bonchev–Trinajstić information content (AvgIpc) is 2.64. The van der Waals surface area contributed by atoms with Gasteiger partial charge in [-0.1, -0.05) is 6.07 Å². The Bertz CT molecular complexity index is 794. The van der Waals surface area contributed by atoms with Crippen LogP contribution in [0.2, 0.25) is 0 Å². The van der Waals surface area contributed by atoms with Crippen LogP contribution in [-0.4, -0.2) is 56.3 Å². The molecule has 0 fully saturated rings. The maximum absolute atomic E-state index is 12.4. The number of hydrogen-bond donors (Lipinski definition) is 2. The molecular formula is C18H23N5O3. The summed E-state index contributed by atoms with van der Waals surface area (Å²) in [6, 6.07) is 7.21. The van der Waals surface area contributed by atoms with Crippen molar-refractivity contribution in [3.8, 4) is 11.5 Å². The van der Waals surface area contributed by atoms with Crippen LogP contribution in [0, 0.1) is 6.92 Å². The molecular weight excluding hydrogens is 334 g/mol. The molecule has 1 aliphatic heterocycles. The van der Waals surface area contributed by atoms with Crippen molar-refractivity contribution in [3.05, 3.63) is 35.5 Å². The number of para-hydroxylation sites is 1. The zero-order valence-corrected chi connectivity index (χ0v) is 15.2. The number of fused-ring (bicyclic) bond motifs is 1. The molecule has 0 saturated carbocycles. The highest BCUT2D eigenvalue weighted by atomic mass is 16.6. The molecule has 1 aromatic carbocycles. The first-order valence-corrected chi connectivity index (χ1v) is 8.48. The van der Waals surface area contributed by atoms with Crippen molar-refractivity contribution in [2.45, 2.75) is 6.92 Å². The molecule has 2 aromatic rings. The summed E-state index contributed by atoms with van der Waals surface area (Å²) in [5.41, 5.74) is 1.35. The van der Waals surface area contributed by atoms with Gasteiger partial charge in [0.2, 0.25) is 5.95 Å². The van der Waals surface area contributed by atoms with E-state index >= 15 is 0 Å². The SMILES string of the molecule is Cc1cc(N(C)C)nc(NCCNC(=O)c2cccc3c2OCCO3)n1. The Morgan fingerprint density at radius 3 is 2.81 bits per heavy atom. The van der Waals surface area contributed by atoms with E-state index in [1.165, 1.54) is 0 Å². The van der Waals surface area contributed by atoms with Gasteiger partial charge in [0.15, 0.2) is 11.5 Å². The van der Waals surface area contributed by atoms with Crippen LogP contribution in [0.25, 0.3) is 0 Å². The number of carbonyl (C=O) groups excluding carboxylic acids is 1. The Hall–Kier alpha value is -3.03.